The molecular formula is C27H46N8O4. The van der Waals surface area contributed by atoms with E-state index in [0.717, 1.165) is 24.8 Å². The van der Waals surface area contributed by atoms with Gasteiger partial charge in [-0.25, -0.2) is 0 Å². The number of guanidine groups is 1. The Labute approximate surface area is 231 Å². The smallest absolute Gasteiger partial charge is 0.243 e. The zero-order valence-electron chi connectivity index (χ0n) is 23.2. The highest BCUT2D eigenvalue weighted by molar-refractivity contribution is 5.94. The molecule has 12 heteroatoms. The van der Waals surface area contributed by atoms with Gasteiger partial charge < -0.3 is 38.9 Å². The van der Waals surface area contributed by atoms with Crippen LogP contribution in [0.1, 0.15) is 70.8 Å². The summed E-state index contributed by atoms with van der Waals surface area (Å²) in [7, 11) is 0. The van der Waals surface area contributed by atoms with Crippen LogP contribution in [0.5, 0.6) is 0 Å². The Balaban J connectivity index is 3.02. The molecule has 218 valence electrons. The zero-order chi connectivity index (χ0) is 29.2. The van der Waals surface area contributed by atoms with Crippen LogP contribution in [-0.2, 0) is 25.6 Å². The lowest BCUT2D eigenvalue weighted by atomic mass is 10.0. The third-order valence-corrected chi connectivity index (χ3v) is 6.21. The van der Waals surface area contributed by atoms with E-state index < -0.39 is 47.8 Å². The van der Waals surface area contributed by atoms with Crippen LogP contribution in [0.15, 0.2) is 35.3 Å². The Kier molecular flexibility index (Phi) is 15.9. The van der Waals surface area contributed by atoms with Crippen molar-refractivity contribution in [3.05, 3.63) is 35.9 Å². The zero-order valence-corrected chi connectivity index (χ0v) is 23.2. The summed E-state index contributed by atoms with van der Waals surface area (Å²) in [6.45, 7) is 4.24. The predicted molar refractivity (Wildman–Crippen MR) is 152 cm³/mol. The van der Waals surface area contributed by atoms with Crippen molar-refractivity contribution in [2.45, 2.75) is 95.8 Å². The third-order valence-electron chi connectivity index (χ3n) is 6.21. The Morgan fingerprint density at radius 2 is 1.28 bits per heavy atom. The van der Waals surface area contributed by atoms with Gasteiger partial charge in [-0.1, -0.05) is 69.9 Å². The highest BCUT2D eigenvalue weighted by Crippen LogP contribution is 2.08. The maximum absolute atomic E-state index is 13.4. The van der Waals surface area contributed by atoms with Crippen LogP contribution in [0, 0.1) is 0 Å². The van der Waals surface area contributed by atoms with Crippen molar-refractivity contribution in [3.63, 3.8) is 0 Å². The third kappa shape index (κ3) is 13.6. The van der Waals surface area contributed by atoms with E-state index in [0.29, 0.717) is 25.7 Å². The van der Waals surface area contributed by atoms with Crippen molar-refractivity contribution < 1.29 is 19.2 Å². The minimum absolute atomic E-state index is 0.0690. The first kappa shape index (κ1) is 33.4. The summed E-state index contributed by atoms with van der Waals surface area (Å²) in [6, 6.07) is 5.66. The number of primary amides is 1. The molecule has 0 aromatic heterocycles. The largest absolute Gasteiger partial charge is 0.370 e. The van der Waals surface area contributed by atoms with Gasteiger partial charge in [-0.2, -0.15) is 0 Å². The summed E-state index contributed by atoms with van der Waals surface area (Å²) in [4.78, 5) is 55.2. The van der Waals surface area contributed by atoms with Crippen molar-refractivity contribution in [2.24, 2.45) is 27.9 Å². The standard InChI is InChI=1S/C27H46N8O4/c1-3-5-13-19(28)24(37)35-22(17-18-11-8-7-9-12-18)26(39)34-21(14-6-4-2)25(38)33-20(23(29)36)15-10-16-32-27(30)31/h7-9,11-12,19-22H,3-6,10,13-17,28H2,1-2H3,(H2,29,36)(H,33,38)(H,34,39)(H,35,37)(H4,30,31,32)/t19-,20-,21+,22-/m0/s1. The molecule has 1 rings (SSSR count). The summed E-state index contributed by atoms with van der Waals surface area (Å²) in [5.41, 5.74) is 23.0. The fourth-order valence-electron chi connectivity index (χ4n) is 3.90. The van der Waals surface area contributed by atoms with Crippen LogP contribution in [0.4, 0.5) is 0 Å². The van der Waals surface area contributed by atoms with E-state index in [4.69, 9.17) is 22.9 Å². The van der Waals surface area contributed by atoms with Crippen LogP contribution in [0.25, 0.3) is 0 Å². The number of hydrogen-bond donors (Lipinski definition) is 7. The van der Waals surface area contributed by atoms with Gasteiger partial charge in [-0.3, -0.25) is 24.2 Å². The Bertz CT molecular complexity index is 937. The molecule has 12 nitrogen and oxygen atoms in total. The maximum Gasteiger partial charge on any atom is 0.243 e. The second-order valence-corrected chi connectivity index (χ2v) is 9.62. The molecule has 0 aliphatic carbocycles. The molecule has 1 aromatic carbocycles. The topological polar surface area (TPSA) is 221 Å². The Morgan fingerprint density at radius 1 is 0.744 bits per heavy atom. The number of nitrogens with zero attached hydrogens (tertiary/aromatic N) is 1. The number of aliphatic imine (C=N–C) groups is 1. The number of nitrogens with two attached hydrogens (primary N) is 4. The van der Waals surface area contributed by atoms with Gasteiger partial charge in [0.15, 0.2) is 5.96 Å². The number of amides is 4. The highest BCUT2D eigenvalue weighted by atomic mass is 16.2. The number of carbonyl (C=O) groups is 4. The van der Waals surface area contributed by atoms with Gasteiger partial charge in [0.2, 0.25) is 23.6 Å². The number of nitrogens with one attached hydrogen (secondary N) is 3. The lowest BCUT2D eigenvalue weighted by Gasteiger charge is -2.25. The molecule has 0 aliphatic heterocycles. The fraction of sp³-hybridized carbons (Fsp3) is 0.593. The molecule has 39 heavy (non-hydrogen) atoms. The molecule has 11 N–H and O–H groups in total. The first-order chi connectivity index (χ1) is 18.6. The van der Waals surface area contributed by atoms with E-state index >= 15 is 0 Å². The second kappa shape index (κ2) is 18.6. The van der Waals surface area contributed by atoms with E-state index in [1.165, 1.54) is 0 Å². The molecule has 0 fully saturated rings. The molecule has 0 aliphatic rings. The highest BCUT2D eigenvalue weighted by Gasteiger charge is 2.29. The number of benzene rings is 1. The lowest BCUT2D eigenvalue weighted by Crippen LogP contribution is -2.58. The molecular weight excluding hydrogens is 500 g/mol. The summed E-state index contributed by atoms with van der Waals surface area (Å²) in [5.74, 6) is -2.26. The Hall–Kier alpha value is -3.67. The minimum Gasteiger partial charge on any atom is -0.370 e. The fourth-order valence-corrected chi connectivity index (χ4v) is 3.90. The van der Waals surface area contributed by atoms with Crippen LogP contribution in [0.2, 0.25) is 0 Å². The normalized spacial score (nSPS) is 13.8. The molecule has 0 saturated carbocycles. The van der Waals surface area contributed by atoms with Crippen LogP contribution in [-0.4, -0.2) is 60.3 Å². The minimum atomic E-state index is -0.955. The summed E-state index contributed by atoms with van der Waals surface area (Å²) < 4.78 is 0. The summed E-state index contributed by atoms with van der Waals surface area (Å²) >= 11 is 0. The van der Waals surface area contributed by atoms with Gasteiger partial charge in [0.1, 0.15) is 18.1 Å². The summed E-state index contributed by atoms with van der Waals surface area (Å²) in [6.07, 6.45) is 4.83. The number of carbonyl (C=O) groups excluding carboxylic acids is 4. The molecule has 4 atom stereocenters. The SMILES string of the molecule is CCCC[C@H](N)C(=O)N[C@@H](Cc1ccccc1)C(=O)N[C@H](CCCC)C(=O)N[C@@H](CCCN=C(N)N)C(N)=O. The van der Waals surface area contributed by atoms with Crippen molar-refractivity contribution in [3.8, 4) is 0 Å². The van der Waals surface area contributed by atoms with E-state index in [9.17, 15) is 19.2 Å². The monoisotopic (exact) mass is 546 g/mol. The molecule has 0 heterocycles. The van der Waals surface area contributed by atoms with Gasteiger partial charge in [-0.05, 0) is 31.2 Å². The van der Waals surface area contributed by atoms with Gasteiger partial charge in [0, 0.05) is 13.0 Å². The van der Waals surface area contributed by atoms with Crippen LogP contribution in [0.3, 0.4) is 0 Å². The van der Waals surface area contributed by atoms with Crippen molar-refractivity contribution in [2.75, 3.05) is 6.54 Å². The molecule has 1 aromatic rings. The van der Waals surface area contributed by atoms with Crippen LogP contribution >= 0.6 is 0 Å². The molecule has 0 saturated heterocycles. The number of rotatable bonds is 19. The molecule has 4 amide bonds. The van der Waals surface area contributed by atoms with E-state index in [1.54, 1.807) is 0 Å². The van der Waals surface area contributed by atoms with Gasteiger partial charge in [-0.15, -0.1) is 0 Å². The summed E-state index contributed by atoms with van der Waals surface area (Å²) in [5, 5.41) is 8.18. The first-order valence-electron chi connectivity index (χ1n) is 13.6. The Morgan fingerprint density at radius 3 is 1.87 bits per heavy atom. The predicted octanol–water partition coefficient (Wildman–Crippen LogP) is -0.0699. The van der Waals surface area contributed by atoms with Crippen molar-refractivity contribution >= 4 is 29.6 Å². The van der Waals surface area contributed by atoms with E-state index in [2.05, 4.69) is 20.9 Å². The van der Waals surface area contributed by atoms with Gasteiger partial charge in [0.05, 0.1) is 6.04 Å². The van der Waals surface area contributed by atoms with E-state index in [-0.39, 0.29) is 25.3 Å². The average Bonchev–Trinajstić information content (AvgIpc) is 2.90. The van der Waals surface area contributed by atoms with Crippen molar-refractivity contribution in [1.82, 2.24) is 16.0 Å². The van der Waals surface area contributed by atoms with Crippen molar-refractivity contribution in [1.29, 1.82) is 0 Å². The molecule has 0 unspecified atom stereocenters. The number of unbranched alkanes of at least 4 members (excludes halogenated alkanes) is 2. The van der Waals surface area contributed by atoms with E-state index in [1.807, 2.05) is 44.2 Å². The molecule has 0 spiro atoms. The quantitative estimate of drug-likeness (QED) is 0.0710. The first-order valence-corrected chi connectivity index (χ1v) is 13.6. The molecule has 0 bridgehead atoms. The number of hydrogen-bond acceptors (Lipinski definition) is 6. The lowest BCUT2D eigenvalue weighted by molar-refractivity contribution is -0.133. The maximum atomic E-state index is 13.4. The van der Waals surface area contributed by atoms with Crippen LogP contribution < -0.4 is 38.9 Å². The van der Waals surface area contributed by atoms with Gasteiger partial charge >= 0.3 is 0 Å². The average molecular weight is 547 g/mol. The molecule has 0 radical (unpaired) electrons. The van der Waals surface area contributed by atoms with Gasteiger partial charge in [0.25, 0.3) is 0 Å². The second-order valence-electron chi connectivity index (χ2n) is 9.62.